The summed E-state index contributed by atoms with van der Waals surface area (Å²) < 4.78 is 0. The summed E-state index contributed by atoms with van der Waals surface area (Å²) in [6.07, 6.45) is 7.58. The van der Waals surface area contributed by atoms with Gasteiger partial charge < -0.3 is 4.98 Å². The molecule has 2 aromatic rings. The number of H-pyrrole nitrogens is 1. The first kappa shape index (κ1) is 11.2. The average molecular weight is 239 g/mol. The van der Waals surface area contributed by atoms with Gasteiger partial charge in [-0.2, -0.15) is 0 Å². The van der Waals surface area contributed by atoms with Gasteiger partial charge in [0, 0.05) is 37.1 Å². The van der Waals surface area contributed by atoms with Crippen LogP contribution < -0.4 is 0 Å². The Labute approximate surface area is 107 Å². The number of nitrogens with zero attached hydrogens (tertiary/aromatic N) is 2. The van der Waals surface area contributed by atoms with E-state index in [1.165, 1.54) is 5.69 Å². The van der Waals surface area contributed by atoms with Crippen molar-refractivity contribution in [1.82, 2.24) is 14.9 Å². The molecule has 0 radical (unpaired) electrons. The van der Waals surface area contributed by atoms with Gasteiger partial charge in [-0.25, -0.2) is 4.98 Å². The van der Waals surface area contributed by atoms with Gasteiger partial charge in [0.15, 0.2) is 0 Å². The molecule has 2 heterocycles. The maximum Gasteiger partial charge on any atom is 0.137 e. The maximum atomic E-state index is 4.45. The second kappa shape index (κ2) is 5.19. The van der Waals surface area contributed by atoms with Gasteiger partial charge in [0.05, 0.1) is 0 Å². The summed E-state index contributed by atoms with van der Waals surface area (Å²) in [7, 11) is 0. The van der Waals surface area contributed by atoms with E-state index < -0.39 is 0 Å². The summed E-state index contributed by atoms with van der Waals surface area (Å²) in [5, 5.41) is 0. The van der Waals surface area contributed by atoms with Gasteiger partial charge >= 0.3 is 0 Å². The SMILES string of the molecule is C1=CCN(Cc2cnc(-c3ccccc3)[nH]2)CC1. The fourth-order valence-corrected chi connectivity index (χ4v) is 2.26. The predicted molar refractivity (Wildman–Crippen MR) is 73.1 cm³/mol. The van der Waals surface area contributed by atoms with E-state index >= 15 is 0 Å². The molecule has 0 bridgehead atoms. The Bertz CT molecular complexity index is 528. The topological polar surface area (TPSA) is 31.9 Å². The van der Waals surface area contributed by atoms with Crippen LogP contribution in [-0.4, -0.2) is 28.0 Å². The quantitative estimate of drug-likeness (QED) is 0.835. The smallest absolute Gasteiger partial charge is 0.137 e. The Balaban J connectivity index is 1.72. The second-order valence-corrected chi connectivity index (χ2v) is 4.62. The van der Waals surface area contributed by atoms with Crippen LogP contribution >= 0.6 is 0 Å². The van der Waals surface area contributed by atoms with Crippen LogP contribution in [0.3, 0.4) is 0 Å². The molecule has 92 valence electrons. The third-order valence-electron chi connectivity index (χ3n) is 3.21. The molecule has 1 aliphatic heterocycles. The average Bonchev–Trinajstić information content (AvgIpc) is 2.89. The van der Waals surface area contributed by atoms with Gasteiger partial charge in [-0.05, 0) is 6.42 Å². The number of nitrogens with one attached hydrogen (secondary N) is 1. The molecule has 18 heavy (non-hydrogen) atoms. The summed E-state index contributed by atoms with van der Waals surface area (Å²) in [4.78, 5) is 10.3. The summed E-state index contributed by atoms with van der Waals surface area (Å²) in [6.45, 7) is 3.13. The van der Waals surface area contributed by atoms with Crippen LogP contribution in [0.5, 0.6) is 0 Å². The van der Waals surface area contributed by atoms with Crippen molar-refractivity contribution in [2.24, 2.45) is 0 Å². The highest BCUT2D eigenvalue weighted by Gasteiger charge is 2.09. The van der Waals surface area contributed by atoms with Gasteiger partial charge in [0.1, 0.15) is 5.82 Å². The summed E-state index contributed by atoms with van der Waals surface area (Å²) in [6, 6.07) is 10.2. The van der Waals surface area contributed by atoms with Crippen molar-refractivity contribution in [3.8, 4) is 11.4 Å². The van der Waals surface area contributed by atoms with E-state index in [2.05, 4.69) is 39.2 Å². The largest absolute Gasteiger partial charge is 0.341 e. The highest BCUT2D eigenvalue weighted by molar-refractivity contribution is 5.54. The van der Waals surface area contributed by atoms with E-state index in [1.807, 2.05) is 24.4 Å². The predicted octanol–water partition coefficient (Wildman–Crippen LogP) is 2.84. The monoisotopic (exact) mass is 239 g/mol. The lowest BCUT2D eigenvalue weighted by atomic mass is 10.2. The normalized spacial score (nSPS) is 16.0. The maximum absolute atomic E-state index is 4.45. The number of hydrogen-bond donors (Lipinski definition) is 1. The molecule has 1 aliphatic rings. The molecule has 0 atom stereocenters. The van der Waals surface area contributed by atoms with E-state index in [4.69, 9.17) is 0 Å². The zero-order chi connectivity index (χ0) is 12.2. The van der Waals surface area contributed by atoms with Gasteiger partial charge in [0.2, 0.25) is 0 Å². The Morgan fingerprint density at radius 3 is 2.83 bits per heavy atom. The minimum atomic E-state index is 0.949. The summed E-state index contributed by atoms with van der Waals surface area (Å²) in [5.41, 5.74) is 2.33. The highest BCUT2D eigenvalue weighted by Crippen LogP contribution is 2.16. The molecule has 1 aromatic carbocycles. The molecule has 0 aliphatic carbocycles. The second-order valence-electron chi connectivity index (χ2n) is 4.62. The number of benzene rings is 1. The van der Waals surface area contributed by atoms with E-state index in [9.17, 15) is 0 Å². The molecule has 1 aromatic heterocycles. The first-order valence-corrected chi connectivity index (χ1v) is 6.38. The molecular formula is C15H17N3. The van der Waals surface area contributed by atoms with Crippen molar-refractivity contribution in [2.45, 2.75) is 13.0 Å². The fourth-order valence-electron chi connectivity index (χ4n) is 2.26. The van der Waals surface area contributed by atoms with Crippen molar-refractivity contribution >= 4 is 0 Å². The standard InChI is InChI=1S/C15H17N3/c1-3-7-13(8-4-1)15-16-11-14(17-15)12-18-9-5-2-6-10-18/h1-5,7-8,11H,6,9-10,12H2,(H,16,17). The van der Waals surface area contributed by atoms with Crippen LogP contribution in [0.4, 0.5) is 0 Å². The van der Waals surface area contributed by atoms with Crippen molar-refractivity contribution < 1.29 is 0 Å². The van der Waals surface area contributed by atoms with E-state index in [0.29, 0.717) is 0 Å². The van der Waals surface area contributed by atoms with E-state index in [0.717, 1.165) is 37.4 Å². The van der Waals surface area contributed by atoms with Crippen LogP contribution in [0.15, 0.2) is 48.7 Å². The number of imidazole rings is 1. The molecule has 0 saturated heterocycles. The Hall–Kier alpha value is -1.87. The van der Waals surface area contributed by atoms with Crippen LogP contribution in [0.1, 0.15) is 12.1 Å². The van der Waals surface area contributed by atoms with Gasteiger partial charge in [-0.1, -0.05) is 42.5 Å². The first-order chi connectivity index (χ1) is 8.92. The zero-order valence-corrected chi connectivity index (χ0v) is 10.3. The minimum Gasteiger partial charge on any atom is -0.341 e. The van der Waals surface area contributed by atoms with Crippen LogP contribution in [0, 0.1) is 0 Å². The van der Waals surface area contributed by atoms with Gasteiger partial charge in [-0.3, -0.25) is 4.90 Å². The number of rotatable bonds is 3. The lowest BCUT2D eigenvalue weighted by Gasteiger charge is -2.21. The molecular weight excluding hydrogens is 222 g/mol. The molecule has 0 saturated carbocycles. The lowest BCUT2D eigenvalue weighted by Crippen LogP contribution is -2.26. The third kappa shape index (κ3) is 2.51. The van der Waals surface area contributed by atoms with E-state index in [1.54, 1.807) is 0 Å². The third-order valence-corrected chi connectivity index (χ3v) is 3.21. The Kier molecular flexibility index (Phi) is 3.24. The molecule has 1 N–H and O–H groups in total. The Morgan fingerprint density at radius 1 is 1.17 bits per heavy atom. The Morgan fingerprint density at radius 2 is 2.06 bits per heavy atom. The van der Waals surface area contributed by atoms with Gasteiger partial charge in [0.25, 0.3) is 0 Å². The van der Waals surface area contributed by atoms with Crippen molar-refractivity contribution in [2.75, 3.05) is 13.1 Å². The van der Waals surface area contributed by atoms with Crippen molar-refractivity contribution in [3.05, 3.63) is 54.4 Å². The van der Waals surface area contributed by atoms with Crippen LogP contribution in [-0.2, 0) is 6.54 Å². The zero-order valence-electron chi connectivity index (χ0n) is 10.3. The van der Waals surface area contributed by atoms with Crippen LogP contribution in [0.25, 0.3) is 11.4 Å². The van der Waals surface area contributed by atoms with Gasteiger partial charge in [-0.15, -0.1) is 0 Å². The number of hydrogen-bond acceptors (Lipinski definition) is 2. The summed E-state index contributed by atoms with van der Waals surface area (Å²) >= 11 is 0. The van der Waals surface area contributed by atoms with Crippen LogP contribution in [0.2, 0.25) is 0 Å². The summed E-state index contributed by atoms with van der Waals surface area (Å²) in [5.74, 6) is 0.957. The molecule has 0 spiro atoms. The first-order valence-electron chi connectivity index (χ1n) is 6.38. The highest BCUT2D eigenvalue weighted by atomic mass is 15.1. The molecule has 3 nitrogen and oxygen atoms in total. The number of aromatic nitrogens is 2. The molecule has 0 fully saturated rings. The lowest BCUT2D eigenvalue weighted by molar-refractivity contribution is 0.288. The molecule has 0 unspecified atom stereocenters. The van der Waals surface area contributed by atoms with Crippen molar-refractivity contribution in [3.63, 3.8) is 0 Å². The fraction of sp³-hybridized carbons (Fsp3) is 0.267. The number of aromatic amines is 1. The van der Waals surface area contributed by atoms with Crippen molar-refractivity contribution in [1.29, 1.82) is 0 Å². The minimum absolute atomic E-state index is 0.949. The van der Waals surface area contributed by atoms with E-state index in [-0.39, 0.29) is 0 Å². The molecule has 3 rings (SSSR count). The molecule has 3 heteroatoms. The molecule has 0 amide bonds.